The molecule has 4 heterocycles. The first-order chi connectivity index (χ1) is 12.1. The van der Waals surface area contributed by atoms with Crippen molar-refractivity contribution in [3.8, 4) is 5.82 Å². The Morgan fingerprint density at radius 2 is 1.96 bits per heavy atom. The van der Waals surface area contributed by atoms with Gasteiger partial charge in [-0.3, -0.25) is 4.79 Å². The summed E-state index contributed by atoms with van der Waals surface area (Å²) in [6, 6.07) is 0. The Balaban J connectivity index is 1.66. The molecule has 25 heavy (non-hydrogen) atoms. The maximum absolute atomic E-state index is 14.3. The van der Waals surface area contributed by atoms with Crippen LogP contribution in [0.4, 0.5) is 10.3 Å². The zero-order valence-corrected chi connectivity index (χ0v) is 13.9. The Kier molecular flexibility index (Phi) is 4.04. The number of nitrogens with zero attached hydrogens (tertiary/aromatic N) is 7. The van der Waals surface area contributed by atoms with Crippen LogP contribution in [0.1, 0.15) is 22.9 Å². The molecule has 2 saturated heterocycles. The number of anilines is 1. The number of hydrogen-bond donors (Lipinski definition) is 1. The molecule has 2 fully saturated rings. The number of hydrogen-bond acceptors (Lipinski definition) is 7. The summed E-state index contributed by atoms with van der Waals surface area (Å²) in [4.78, 5) is 28.5. The maximum Gasteiger partial charge on any atom is 0.293 e. The number of rotatable bonds is 3. The van der Waals surface area contributed by atoms with Crippen LogP contribution in [0.15, 0.2) is 6.20 Å². The highest BCUT2D eigenvalue weighted by Gasteiger charge is 2.27. The van der Waals surface area contributed by atoms with Crippen molar-refractivity contribution in [1.82, 2.24) is 34.9 Å². The predicted molar refractivity (Wildman–Crippen MR) is 87.2 cm³/mol. The van der Waals surface area contributed by atoms with Crippen molar-refractivity contribution in [2.75, 3.05) is 44.2 Å². The molecule has 0 aromatic carbocycles. The van der Waals surface area contributed by atoms with Crippen LogP contribution in [0.5, 0.6) is 0 Å². The molecule has 0 atom stereocenters. The van der Waals surface area contributed by atoms with Gasteiger partial charge in [0.1, 0.15) is 5.82 Å². The van der Waals surface area contributed by atoms with E-state index in [-0.39, 0.29) is 17.5 Å². The molecule has 1 amide bonds. The van der Waals surface area contributed by atoms with Gasteiger partial charge in [-0.2, -0.15) is 9.67 Å². The van der Waals surface area contributed by atoms with E-state index < -0.39 is 5.82 Å². The zero-order valence-electron chi connectivity index (χ0n) is 13.9. The van der Waals surface area contributed by atoms with Gasteiger partial charge >= 0.3 is 0 Å². The first-order valence-electron chi connectivity index (χ1n) is 8.35. The Morgan fingerprint density at radius 1 is 1.20 bits per heavy atom. The molecule has 2 aromatic heterocycles. The van der Waals surface area contributed by atoms with Crippen LogP contribution in [-0.4, -0.2) is 74.8 Å². The van der Waals surface area contributed by atoms with E-state index in [1.165, 1.54) is 4.68 Å². The molecule has 0 spiro atoms. The molecule has 0 unspecified atom stereocenters. The summed E-state index contributed by atoms with van der Waals surface area (Å²) in [6.45, 7) is 6.24. The summed E-state index contributed by atoms with van der Waals surface area (Å²) in [6.07, 6.45) is 2.12. The largest absolute Gasteiger partial charge is 0.338 e. The summed E-state index contributed by atoms with van der Waals surface area (Å²) < 4.78 is 15.6. The van der Waals surface area contributed by atoms with Gasteiger partial charge in [-0.05, 0) is 13.3 Å². The molecule has 2 aromatic rings. The van der Waals surface area contributed by atoms with Crippen molar-refractivity contribution in [1.29, 1.82) is 0 Å². The van der Waals surface area contributed by atoms with Crippen molar-refractivity contribution < 1.29 is 9.18 Å². The minimum absolute atomic E-state index is 0.0104. The third-order valence-corrected chi connectivity index (χ3v) is 4.42. The Hall–Kier alpha value is -2.62. The summed E-state index contributed by atoms with van der Waals surface area (Å²) in [5.41, 5.74) is 0. The van der Waals surface area contributed by atoms with E-state index in [0.29, 0.717) is 24.9 Å². The molecule has 0 aliphatic carbocycles. The minimum atomic E-state index is -0.602. The number of amides is 1. The SMILES string of the molecule is Cc1nc(C(=O)N2CCC2)nn1-c1nc(N2CCNCC2)ncc1F. The van der Waals surface area contributed by atoms with E-state index in [4.69, 9.17) is 0 Å². The van der Waals surface area contributed by atoms with Gasteiger partial charge in [0.15, 0.2) is 11.6 Å². The first-order valence-corrected chi connectivity index (χ1v) is 8.35. The summed E-state index contributed by atoms with van der Waals surface area (Å²) in [5, 5.41) is 7.43. The molecule has 1 N–H and O–H groups in total. The highest BCUT2D eigenvalue weighted by molar-refractivity contribution is 5.90. The lowest BCUT2D eigenvalue weighted by molar-refractivity contribution is 0.0639. The maximum atomic E-state index is 14.3. The van der Waals surface area contributed by atoms with Gasteiger partial charge in [0.25, 0.3) is 5.91 Å². The van der Waals surface area contributed by atoms with E-state index in [1.54, 1.807) is 11.8 Å². The number of aromatic nitrogens is 5. The average molecular weight is 346 g/mol. The molecular weight excluding hydrogens is 327 g/mol. The summed E-state index contributed by atoms with van der Waals surface area (Å²) >= 11 is 0. The van der Waals surface area contributed by atoms with E-state index in [0.717, 1.165) is 38.8 Å². The van der Waals surface area contributed by atoms with Crippen LogP contribution in [0.25, 0.3) is 5.82 Å². The van der Waals surface area contributed by atoms with Crippen molar-refractivity contribution in [2.45, 2.75) is 13.3 Å². The molecule has 9 nitrogen and oxygen atoms in total. The van der Waals surface area contributed by atoms with Crippen molar-refractivity contribution >= 4 is 11.9 Å². The second-order valence-corrected chi connectivity index (χ2v) is 6.12. The third kappa shape index (κ3) is 2.93. The van der Waals surface area contributed by atoms with E-state index in [9.17, 15) is 9.18 Å². The fourth-order valence-corrected chi connectivity index (χ4v) is 2.86. The van der Waals surface area contributed by atoms with Gasteiger partial charge in [-0.15, -0.1) is 5.10 Å². The van der Waals surface area contributed by atoms with E-state index in [2.05, 4.69) is 25.4 Å². The second-order valence-electron chi connectivity index (χ2n) is 6.12. The number of piperazine rings is 1. The average Bonchev–Trinajstić information content (AvgIpc) is 2.96. The lowest BCUT2D eigenvalue weighted by atomic mass is 10.2. The summed E-state index contributed by atoms with van der Waals surface area (Å²) in [5.74, 6) is 0.103. The van der Waals surface area contributed by atoms with Crippen molar-refractivity contribution in [3.63, 3.8) is 0 Å². The van der Waals surface area contributed by atoms with Crippen LogP contribution in [-0.2, 0) is 0 Å². The zero-order chi connectivity index (χ0) is 17.4. The number of aryl methyl sites for hydroxylation is 1. The Labute approximate surface area is 143 Å². The van der Waals surface area contributed by atoms with Crippen LogP contribution in [0.2, 0.25) is 0 Å². The third-order valence-electron chi connectivity index (χ3n) is 4.42. The molecule has 0 bridgehead atoms. The quantitative estimate of drug-likeness (QED) is 0.820. The van der Waals surface area contributed by atoms with Gasteiger partial charge in [-0.1, -0.05) is 0 Å². The first kappa shape index (κ1) is 15.9. The molecule has 2 aliphatic heterocycles. The van der Waals surface area contributed by atoms with Crippen molar-refractivity contribution in [3.05, 3.63) is 23.7 Å². The number of carbonyl (C=O) groups is 1. The van der Waals surface area contributed by atoms with Gasteiger partial charge in [0.2, 0.25) is 11.8 Å². The topological polar surface area (TPSA) is 92.1 Å². The standard InChI is InChI=1S/C15H19FN8O/c1-10-19-12(14(25)22-5-2-6-22)21-24(10)13-11(16)9-18-15(20-13)23-7-3-17-4-8-23/h9,17H,2-8H2,1H3. The van der Waals surface area contributed by atoms with Crippen LogP contribution < -0.4 is 10.2 Å². The lowest BCUT2D eigenvalue weighted by Gasteiger charge is -2.29. The Morgan fingerprint density at radius 3 is 2.64 bits per heavy atom. The predicted octanol–water partition coefficient (Wildman–Crippen LogP) is -0.240. The fourth-order valence-electron chi connectivity index (χ4n) is 2.86. The second kappa shape index (κ2) is 6.36. The highest BCUT2D eigenvalue weighted by atomic mass is 19.1. The number of carbonyl (C=O) groups excluding carboxylic acids is 1. The molecular formula is C15H19FN8O. The smallest absolute Gasteiger partial charge is 0.293 e. The molecule has 0 radical (unpaired) electrons. The van der Waals surface area contributed by atoms with Crippen LogP contribution >= 0.6 is 0 Å². The lowest BCUT2D eigenvalue weighted by Crippen LogP contribution is -2.44. The highest BCUT2D eigenvalue weighted by Crippen LogP contribution is 2.17. The Bertz CT molecular complexity index is 797. The van der Waals surface area contributed by atoms with Gasteiger partial charge in [-0.25, -0.2) is 14.4 Å². The number of halogens is 1. The minimum Gasteiger partial charge on any atom is -0.338 e. The fraction of sp³-hybridized carbons (Fsp3) is 0.533. The van der Waals surface area contributed by atoms with Crippen LogP contribution in [0.3, 0.4) is 0 Å². The van der Waals surface area contributed by atoms with Gasteiger partial charge in [0.05, 0.1) is 6.20 Å². The number of nitrogens with one attached hydrogen (secondary N) is 1. The molecule has 2 aliphatic rings. The normalized spacial score (nSPS) is 17.5. The summed E-state index contributed by atoms with van der Waals surface area (Å²) in [7, 11) is 0. The van der Waals surface area contributed by atoms with Crippen LogP contribution in [0, 0.1) is 12.7 Å². The molecule has 4 rings (SSSR count). The molecule has 10 heteroatoms. The van der Waals surface area contributed by atoms with E-state index >= 15 is 0 Å². The molecule has 0 saturated carbocycles. The van der Waals surface area contributed by atoms with E-state index in [1.807, 2.05) is 4.90 Å². The number of likely N-dealkylation sites (tertiary alicyclic amines) is 1. The molecule has 132 valence electrons. The van der Waals surface area contributed by atoms with Gasteiger partial charge < -0.3 is 15.1 Å². The van der Waals surface area contributed by atoms with Gasteiger partial charge in [0, 0.05) is 39.3 Å². The monoisotopic (exact) mass is 346 g/mol. The van der Waals surface area contributed by atoms with Crippen molar-refractivity contribution in [2.24, 2.45) is 0 Å².